The van der Waals surface area contributed by atoms with E-state index in [1.807, 2.05) is 0 Å². The van der Waals surface area contributed by atoms with Gasteiger partial charge in [-0.15, -0.1) is 0 Å². The van der Waals surface area contributed by atoms with Crippen LogP contribution in [-0.2, 0) is 16.1 Å². The lowest BCUT2D eigenvalue weighted by atomic mass is 10.1. The van der Waals surface area contributed by atoms with Gasteiger partial charge < -0.3 is 10.2 Å². The molecule has 2 aliphatic heterocycles. The molecular formula is C12H10FN3O3. The van der Waals surface area contributed by atoms with Crippen LogP contribution in [0.1, 0.15) is 12.0 Å². The van der Waals surface area contributed by atoms with E-state index in [2.05, 4.69) is 10.6 Å². The van der Waals surface area contributed by atoms with Crippen LogP contribution >= 0.6 is 0 Å². The molecule has 0 aliphatic carbocycles. The Morgan fingerprint density at radius 3 is 2.68 bits per heavy atom. The molecular weight excluding hydrogens is 253 g/mol. The second kappa shape index (κ2) is 4.04. The van der Waals surface area contributed by atoms with Gasteiger partial charge in [0.2, 0.25) is 11.8 Å². The third-order valence-electron chi connectivity index (χ3n) is 3.24. The molecule has 4 amide bonds. The Morgan fingerprint density at radius 1 is 1.21 bits per heavy atom. The first-order valence-electron chi connectivity index (χ1n) is 5.74. The van der Waals surface area contributed by atoms with E-state index < -0.39 is 29.7 Å². The van der Waals surface area contributed by atoms with Gasteiger partial charge in [0.05, 0.1) is 18.7 Å². The maximum atomic E-state index is 13.1. The molecule has 0 bridgehead atoms. The number of nitrogens with one attached hydrogen (secondary N) is 2. The molecule has 1 fully saturated rings. The normalized spacial score (nSPS) is 22.1. The lowest BCUT2D eigenvalue weighted by Crippen LogP contribution is -2.48. The summed E-state index contributed by atoms with van der Waals surface area (Å²) in [5.41, 5.74) is 1.10. The van der Waals surface area contributed by atoms with Gasteiger partial charge in [0.25, 0.3) is 0 Å². The minimum Gasteiger partial charge on any atom is -0.308 e. The van der Waals surface area contributed by atoms with E-state index in [9.17, 15) is 18.8 Å². The Kier molecular flexibility index (Phi) is 2.48. The zero-order valence-corrected chi connectivity index (χ0v) is 9.77. The van der Waals surface area contributed by atoms with Gasteiger partial charge in [0, 0.05) is 0 Å². The number of benzene rings is 1. The van der Waals surface area contributed by atoms with Crippen LogP contribution in [0, 0.1) is 5.82 Å². The van der Waals surface area contributed by atoms with Crippen molar-refractivity contribution in [2.75, 3.05) is 5.32 Å². The van der Waals surface area contributed by atoms with E-state index in [1.54, 1.807) is 6.07 Å². The molecule has 1 atom stereocenters. The first-order valence-corrected chi connectivity index (χ1v) is 5.74. The highest BCUT2D eigenvalue weighted by Gasteiger charge is 2.39. The van der Waals surface area contributed by atoms with Crippen molar-refractivity contribution in [2.45, 2.75) is 19.0 Å². The third-order valence-corrected chi connectivity index (χ3v) is 3.24. The Morgan fingerprint density at radius 2 is 2.00 bits per heavy atom. The van der Waals surface area contributed by atoms with Crippen molar-refractivity contribution in [3.8, 4) is 0 Å². The number of hydrogen-bond donors (Lipinski definition) is 2. The van der Waals surface area contributed by atoms with E-state index in [0.717, 1.165) is 0 Å². The largest absolute Gasteiger partial charge is 0.322 e. The monoisotopic (exact) mass is 263 g/mol. The van der Waals surface area contributed by atoms with Gasteiger partial charge in [-0.2, -0.15) is 0 Å². The lowest BCUT2D eigenvalue weighted by molar-refractivity contribution is -0.126. The molecule has 0 aromatic heterocycles. The summed E-state index contributed by atoms with van der Waals surface area (Å²) in [7, 11) is 0. The van der Waals surface area contributed by atoms with Gasteiger partial charge in [0.15, 0.2) is 0 Å². The van der Waals surface area contributed by atoms with Crippen LogP contribution in [0.5, 0.6) is 0 Å². The number of carbonyl (C=O) groups is 3. The van der Waals surface area contributed by atoms with E-state index in [1.165, 1.54) is 17.0 Å². The fourth-order valence-electron chi connectivity index (χ4n) is 2.29. The smallest absolute Gasteiger partial charge is 0.308 e. The summed E-state index contributed by atoms with van der Waals surface area (Å²) in [6.07, 6.45) is -0.0389. The Balaban J connectivity index is 1.90. The SMILES string of the molecule is O=C1CC(N2Cc3ccc(F)cc3NC2=O)C(=O)N1. The molecule has 1 aromatic rings. The second-order valence-corrected chi connectivity index (χ2v) is 4.49. The van der Waals surface area contributed by atoms with E-state index in [-0.39, 0.29) is 13.0 Å². The highest BCUT2D eigenvalue weighted by molar-refractivity contribution is 6.07. The number of hydrogen-bond acceptors (Lipinski definition) is 3. The maximum Gasteiger partial charge on any atom is 0.322 e. The van der Waals surface area contributed by atoms with Crippen molar-refractivity contribution in [1.29, 1.82) is 0 Å². The summed E-state index contributed by atoms with van der Waals surface area (Å²) >= 11 is 0. The summed E-state index contributed by atoms with van der Waals surface area (Å²) < 4.78 is 13.1. The highest BCUT2D eigenvalue weighted by atomic mass is 19.1. The summed E-state index contributed by atoms with van der Waals surface area (Å²) in [4.78, 5) is 35.9. The lowest BCUT2D eigenvalue weighted by Gasteiger charge is -2.32. The minimum atomic E-state index is -0.800. The molecule has 7 heteroatoms. The number of fused-ring (bicyclic) bond motifs is 1. The molecule has 2 aliphatic rings. The number of rotatable bonds is 1. The molecule has 6 nitrogen and oxygen atoms in total. The molecule has 3 rings (SSSR count). The van der Waals surface area contributed by atoms with Crippen molar-refractivity contribution in [1.82, 2.24) is 10.2 Å². The first kappa shape index (κ1) is 11.6. The Bertz CT molecular complexity index is 602. The Hall–Kier alpha value is -2.44. The third kappa shape index (κ3) is 1.92. The molecule has 1 unspecified atom stereocenters. The van der Waals surface area contributed by atoms with Crippen LogP contribution in [0.3, 0.4) is 0 Å². The van der Waals surface area contributed by atoms with Crippen LogP contribution in [0.2, 0.25) is 0 Å². The quantitative estimate of drug-likeness (QED) is 0.728. The second-order valence-electron chi connectivity index (χ2n) is 4.49. The standard InChI is InChI=1S/C12H10FN3O3/c13-7-2-1-6-5-16(12(19)14-8(6)3-7)9-4-10(17)15-11(9)18/h1-3,9H,4-5H2,(H,14,19)(H,15,17,18). The fraction of sp³-hybridized carbons (Fsp3) is 0.250. The molecule has 0 spiro atoms. The number of nitrogens with zero attached hydrogens (tertiary/aromatic N) is 1. The summed E-state index contributed by atoms with van der Waals surface area (Å²) in [5, 5.41) is 4.68. The van der Waals surface area contributed by atoms with Gasteiger partial charge in [0.1, 0.15) is 11.9 Å². The van der Waals surface area contributed by atoms with Gasteiger partial charge in [-0.25, -0.2) is 9.18 Å². The number of anilines is 1. The van der Waals surface area contributed by atoms with Gasteiger partial charge in [-0.05, 0) is 17.7 Å². The van der Waals surface area contributed by atoms with Crippen molar-refractivity contribution in [3.63, 3.8) is 0 Å². The van der Waals surface area contributed by atoms with Crippen LogP contribution < -0.4 is 10.6 Å². The van der Waals surface area contributed by atoms with Crippen molar-refractivity contribution in [3.05, 3.63) is 29.6 Å². The Labute approximate surface area is 107 Å². The van der Waals surface area contributed by atoms with E-state index in [0.29, 0.717) is 11.3 Å². The van der Waals surface area contributed by atoms with Crippen molar-refractivity contribution < 1.29 is 18.8 Å². The molecule has 19 heavy (non-hydrogen) atoms. The zero-order chi connectivity index (χ0) is 13.6. The van der Waals surface area contributed by atoms with Gasteiger partial charge in [-0.3, -0.25) is 14.9 Å². The topological polar surface area (TPSA) is 78.5 Å². The average Bonchev–Trinajstić information content (AvgIpc) is 2.67. The number of urea groups is 1. The molecule has 1 aromatic carbocycles. The fourth-order valence-corrected chi connectivity index (χ4v) is 2.29. The van der Waals surface area contributed by atoms with Crippen LogP contribution in [0.25, 0.3) is 0 Å². The molecule has 0 radical (unpaired) electrons. The molecule has 2 N–H and O–H groups in total. The van der Waals surface area contributed by atoms with Gasteiger partial charge >= 0.3 is 6.03 Å². The number of amides is 4. The molecule has 1 saturated heterocycles. The predicted octanol–water partition coefficient (Wildman–Crippen LogP) is 0.588. The average molecular weight is 263 g/mol. The maximum absolute atomic E-state index is 13.1. The number of carbonyl (C=O) groups excluding carboxylic acids is 3. The highest BCUT2D eigenvalue weighted by Crippen LogP contribution is 2.27. The number of halogens is 1. The van der Waals surface area contributed by atoms with Crippen LogP contribution in [0.4, 0.5) is 14.9 Å². The summed E-state index contributed by atoms with van der Waals surface area (Å²) in [6, 6.07) is 2.75. The van der Waals surface area contributed by atoms with Crippen molar-refractivity contribution >= 4 is 23.5 Å². The van der Waals surface area contributed by atoms with Crippen LogP contribution in [-0.4, -0.2) is 28.8 Å². The van der Waals surface area contributed by atoms with E-state index in [4.69, 9.17) is 0 Å². The summed E-state index contributed by atoms with van der Waals surface area (Å²) in [6.45, 7) is 0.173. The van der Waals surface area contributed by atoms with Crippen molar-refractivity contribution in [2.24, 2.45) is 0 Å². The number of imide groups is 1. The van der Waals surface area contributed by atoms with Gasteiger partial charge in [-0.1, -0.05) is 6.07 Å². The van der Waals surface area contributed by atoms with Crippen LogP contribution in [0.15, 0.2) is 18.2 Å². The first-order chi connectivity index (χ1) is 9.04. The minimum absolute atomic E-state index is 0.0389. The zero-order valence-electron chi connectivity index (χ0n) is 9.77. The predicted molar refractivity (Wildman–Crippen MR) is 62.5 cm³/mol. The van der Waals surface area contributed by atoms with E-state index >= 15 is 0 Å². The molecule has 2 heterocycles. The molecule has 98 valence electrons. The molecule has 0 saturated carbocycles. The summed E-state index contributed by atoms with van der Waals surface area (Å²) in [5.74, 6) is -1.32.